The van der Waals surface area contributed by atoms with E-state index < -0.39 is 11.7 Å². The Morgan fingerprint density at radius 2 is 1.91 bits per heavy atom. The Bertz CT molecular complexity index is 1270. The summed E-state index contributed by atoms with van der Waals surface area (Å²) in [6, 6.07) is 12.0. The van der Waals surface area contributed by atoms with E-state index in [4.69, 9.17) is 4.74 Å². The number of pyridine rings is 1. The number of aliphatic hydroxyl groups is 1. The minimum absolute atomic E-state index is 0.109. The molecule has 1 N–H and O–H groups in total. The van der Waals surface area contributed by atoms with Gasteiger partial charge in [-0.3, -0.25) is 4.90 Å². The first-order valence-electron chi connectivity index (χ1n) is 10.8. The Balaban J connectivity index is 1.78. The highest BCUT2D eigenvalue weighted by atomic mass is 32.1. The number of thiazole rings is 1. The molecule has 0 fully saturated rings. The standard InChI is InChI=1S/C25H28N4O3S/c1-16(2)29(24(31)32-25(3,4)5)23-26-12-21(33-23)18-11-20(17-9-7-6-8-10-17)22-27-19(15-30)14-28(22)13-18/h6-14,16,30H,15H2,1-5H3. The Labute approximate surface area is 197 Å². The number of carbonyl (C=O) groups excluding carboxylic acids is 1. The lowest BCUT2D eigenvalue weighted by Crippen LogP contribution is -2.41. The molecule has 33 heavy (non-hydrogen) atoms. The maximum absolute atomic E-state index is 12.8. The topological polar surface area (TPSA) is 80.0 Å². The molecule has 4 aromatic rings. The number of aliphatic hydroxyl groups excluding tert-OH is 1. The molecule has 7 nitrogen and oxygen atoms in total. The molecule has 3 aromatic heterocycles. The van der Waals surface area contributed by atoms with Gasteiger partial charge in [-0.1, -0.05) is 41.7 Å². The van der Waals surface area contributed by atoms with Crippen molar-refractivity contribution in [2.75, 3.05) is 4.90 Å². The second-order valence-corrected chi connectivity index (χ2v) is 10.1. The van der Waals surface area contributed by atoms with E-state index in [0.717, 1.165) is 27.2 Å². The van der Waals surface area contributed by atoms with Crippen LogP contribution in [0.15, 0.2) is 55.0 Å². The first kappa shape index (κ1) is 22.9. The van der Waals surface area contributed by atoms with Gasteiger partial charge in [0.15, 0.2) is 5.13 Å². The van der Waals surface area contributed by atoms with E-state index in [1.54, 1.807) is 11.1 Å². The number of benzene rings is 1. The number of imidazole rings is 1. The molecule has 0 unspecified atom stereocenters. The number of aromatic nitrogens is 3. The van der Waals surface area contributed by atoms with E-state index >= 15 is 0 Å². The van der Waals surface area contributed by atoms with E-state index in [9.17, 15) is 9.90 Å². The fourth-order valence-corrected chi connectivity index (χ4v) is 4.54. The fourth-order valence-electron chi connectivity index (χ4n) is 3.52. The first-order chi connectivity index (χ1) is 15.7. The third kappa shape index (κ3) is 4.91. The van der Waals surface area contributed by atoms with Crippen LogP contribution in [0.4, 0.5) is 9.93 Å². The average Bonchev–Trinajstić information content (AvgIpc) is 3.39. The van der Waals surface area contributed by atoms with Gasteiger partial charge in [0.25, 0.3) is 0 Å². The van der Waals surface area contributed by atoms with Crippen molar-refractivity contribution in [3.63, 3.8) is 0 Å². The molecule has 0 saturated carbocycles. The van der Waals surface area contributed by atoms with Gasteiger partial charge in [0.05, 0.1) is 17.2 Å². The van der Waals surface area contributed by atoms with E-state index in [2.05, 4.69) is 16.0 Å². The molecule has 1 aromatic carbocycles. The third-order valence-electron chi connectivity index (χ3n) is 4.94. The Hall–Kier alpha value is -3.23. The summed E-state index contributed by atoms with van der Waals surface area (Å²) in [6.45, 7) is 9.29. The number of hydrogen-bond donors (Lipinski definition) is 1. The normalized spacial score (nSPS) is 11.8. The number of anilines is 1. The molecule has 8 heteroatoms. The van der Waals surface area contributed by atoms with E-state index in [0.29, 0.717) is 10.8 Å². The summed E-state index contributed by atoms with van der Waals surface area (Å²) in [7, 11) is 0. The van der Waals surface area contributed by atoms with Crippen LogP contribution in [0.2, 0.25) is 0 Å². The molecule has 0 spiro atoms. The van der Waals surface area contributed by atoms with Crippen LogP contribution in [0.25, 0.3) is 27.2 Å². The minimum Gasteiger partial charge on any atom is -0.443 e. The van der Waals surface area contributed by atoms with Crippen LogP contribution < -0.4 is 4.90 Å². The van der Waals surface area contributed by atoms with Gasteiger partial charge >= 0.3 is 6.09 Å². The maximum atomic E-state index is 12.8. The average molecular weight is 465 g/mol. The van der Waals surface area contributed by atoms with Gasteiger partial charge in [0.2, 0.25) is 0 Å². The zero-order valence-corrected chi connectivity index (χ0v) is 20.3. The minimum atomic E-state index is -0.591. The number of carbonyl (C=O) groups is 1. The van der Waals surface area contributed by atoms with Crippen molar-refractivity contribution in [3.8, 4) is 21.6 Å². The third-order valence-corrected chi connectivity index (χ3v) is 5.98. The van der Waals surface area contributed by atoms with Crippen molar-refractivity contribution in [2.45, 2.75) is 52.9 Å². The highest BCUT2D eigenvalue weighted by molar-refractivity contribution is 7.19. The van der Waals surface area contributed by atoms with Crippen molar-refractivity contribution in [2.24, 2.45) is 0 Å². The molecule has 0 aliphatic heterocycles. The van der Waals surface area contributed by atoms with Crippen molar-refractivity contribution in [3.05, 3.63) is 60.7 Å². The smallest absolute Gasteiger partial charge is 0.416 e. The number of fused-ring (bicyclic) bond motifs is 1. The lowest BCUT2D eigenvalue weighted by atomic mass is 10.0. The molecule has 4 rings (SSSR count). The number of amides is 1. The summed E-state index contributed by atoms with van der Waals surface area (Å²) in [4.78, 5) is 24.5. The van der Waals surface area contributed by atoms with Crippen molar-refractivity contribution in [1.82, 2.24) is 14.4 Å². The van der Waals surface area contributed by atoms with Crippen LogP contribution in [0.5, 0.6) is 0 Å². The zero-order chi connectivity index (χ0) is 23.8. The van der Waals surface area contributed by atoms with Gasteiger partial charge in [-0.2, -0.15) is 0 Å². The number of rotatable bonds is 5. The van der Waals surface area contributed by atoms with Gasteiger partial charge in [-0.25, -0.2) is 14.8 Å². The predicted molar refractivity (Wildman–Crippen MR) is 132 cm³/mol. The van der Waals surface area contributed by atoms with Gasteiger partial charge < -0.3 is 14.2 Å². The number of nitrogens with zero attached hydrogens (tertiary/aromatic N) is 4. The predicted octanol–water partition coefficient (Wildman–Crippen LogP) is 5.77. The van der Waals surface area contributed by atoms with Gasteiger partial charge in [-0.05, 0) is 46.2 Å². The number of hydrogen-bond acceptors (Lipinski definition) is 6. The highest BCUT2D eigenvalue weighted by Crippen LogP contribution is 2.36. The van der Waals surface area contributed by atoms with E-state index in [1.165, 1.54) is 11.3 Å². The molecular formula is C25H28N4O3S. The van der Waals surface area contributed by atoms with E-state index in [1.807, 2.05) is 81.7 Å². The Morgan fingerprint density at radius 3 is 2.55 bits per heavy atom. The summed E-state index contributed by atoms with van der Waals surface area (Å²) in [5.41, 5.74) is 3.71. The molecule has 3 heterocycles. The van der Waals surface area contributed by atoms with Crippen LogP contribution in [-0.2, 0) is 11.3 Å². The quantitative estimate of drug-likeness (QED) is 0.406. The summed E-state index contributed by atoms with van der Waals surface area (Å²) in [6.07, 6.45) is 5.16. The summed E-state index contributed by atoms with van der Waals surface area (Å²) in [5.74, 6) is 0. The second-order valence-electron chi connectivity index (χ2n) is 9.08. The molecule has 0 aliphatic carbocycles. The SMILES string of the molecule is CC(C)N(C(=O)OC(C)(C)C)c1ncc(-c2cc(-c3ccccc3)c3nc(CO)cn3c2)s1. The second kappa shape index (κ2) is 8.96. The Morgan fingerprint density at radius 1 is 1.18 bits per heavy atom. The van der Waals surface area contributed by atoms with Crippen LogP contribution in [0.3, 0.4) is 0 Å². The fraction of sp³-hybridized carbons (Fsp3) is 0.320. The molecule has 0 saturated heterocycles. The monoisotopic (exact) mass is 464 g/mol. The maximum Gasteiger partial charge on any atom is 0.416 e. The van der Waals surface area contributed by atoms with Crippen LogP contribution >= 0.6 is 11.3 Å². The van der Waals surface area contributed by atoms with Crippen LogP contribution in [-0.4, -0.2) is 37.2 Å². The summed E-state index contributed by atoms with van der Waals surface area (Å²) < 4.78 is 7.53. The molecule has 0 atom stereocenters. The van der Waals surface area contributed by atoms with Gasteiger partial charge in [-0.15, -0.1) is 0 Å². The molecular weight excluding hydrogens is 436 g/mol. The van der Waals surface area contributed by atoms with E-state index in [-0.39, 0.29) is 12.6 Å². The lowest BCUT2D eigenvalue weighted by molar-refractivity contribution is 0.0570. The molecule has 0 aliphatic rings. The Kier molecular flexibility index (Phi) is 6.23. The molecule has 1 amide bonds. The van der Waals surface area contributed by atoms with Crippen LogP contribution in [0.1, 0.15) is 40.3 Å². The number of ether oxygens (including phenoxy) is 1. The van der Waals surface area contributed by atoms with Gasteiger partial charge in [0, 0.05) is 35.8 Å². The molecule has 0 radical (unpaired) electrons. The first-order valence-corrected chi connectivity index (χ1v) is 11.6. The van der Waals surface area contributed by atoms with Crippen molar-refractivity contribution < 1.29 is 14.6 Å². The molecule has 172 valence electrons. The van der Waals surface area contributed by atoms with Crippen molar-refractivity contribution >= 4 is 28.2 Å². The largest absolute Gasteiger partial charge is 0.443 e. The van der Waals surface area contributed by atoms with Crippen LogP contribution in [0, 0.1) is 0 Å². The molecule has 0 bridgehead atoms. The summed E-state index contributed by atoms with van der Waals surface area (Å²) >= 11 is 1.43. The van der Waals surface area contributed by atoms with Crippen molar-refractivity contribution in [1.29, 1.82) is 0 Å². The zero-order valence-electron chi connectivity index (χ0n) is 19.4. The van der Waals surface area contributed by atoms with Gasteiger partial charge in [0.1, 0.15) is 11.2 Å². The highest BCUT2D eigenvalue weighted by Gasteiger charge is 2.28. The summed E-state index contributed by atoms with van der Waals surface area (Å²) in [5, 5.41) is 10.2. The lowest BCUT2D eigenvalue weighted by Gasteiger charge is -2.28.